The number of benzene rings is 1. The topological polar surface area (TPSA) is 35.3 Å². The molecule has 14 heavy (non-hydrogen) atoms. The van der Waals surface area contributed by atoms with E-state index < -0.39 is 0 Å². The number of oxazole rings is 1. The fourth-order valence-electron chi connectivity index (χ4n) is 0.879. The molecule has 0 unspecified atom stereocenters. The first-order valence-corrected chi connectivity index (χ1v) is 5.29. The van der Waals surface area contributed by atoms with Crippen LogP contribution < -0.4 is 4.74 Å². The summed E-state index contributed by atoms with van der Waals surface area (Å²) in [7, 11) is 0. The van der Waals surface area contributed by atoms with Crippen LogP contribution >= 0.6 is 31.9 Å². The Kier molecular flexibility index (Phi) is 2.88. The number of hydrogen-bond acceptors (Lipinski definition) is 3. The first kappa shape index (κ1) is 9.73. The summed E-state index contributed by atoms with van der Waals surface area (Å²) in [5.74, 6) is 0.634. The lowest BCUT2D eigenvalue weighted by atomic mass is 10.3. The summed E-state index contributed by atoms with van der Waals surface area (Å²) in [5.41, 5.74) is 0. The molecule has 1 heterocycles. The maximum absolute atomic E-state index is 5.34. The molecule has 0 aliphatic rings. The van der Waals surface area contributed by atoms with Crippen LogP contribution in [0, 0.1) is 6.26 Å². The zero-order valence-electron chi connectivity index (χ0n) is 6.83. The van der Waals surface area contributed by atoms with Gasteiger partial charge in [0.05, 0.1) is 10.7 Å². The van der Waals surface area contributed by atoms with Crippen molar-refractivity contribution in [2.75, 3.05) is 0 Å². The molecule has 0 bridgehead atoms. The lowest BCUT2D eigenvalue weighted by molar-refractivity contribution is 0.327. The molecule has 1 radical (unpaired) electrons. The first-order valence-electron chi connectivity index (χ1n) is 3.70. The predicted molar refractivity (Wildman–Crippen MR) is 57.3 cm³/mol. The lowest BCUT2D eigenvalue weighted by Crippen LogP contribution is -1.84. The van der Waals surface area contributed by atoms with Crippen molar-refractivity contribution in [2.24, 2.45) is 0 Å². The van der Waals surface area contributed by atoms with Gasteiger partial charge in [0, 0.05) is 4.47 Å². The van der Waals surface area contributed by atoms with Crippen LogP contribution in [0.1, 0.15) is 0 Å². The van der Waals surface area contributed by atoms with Gasteiger partial charge in [-0.25, -0.2) is 0 Å². The molecule has 2 aromatic rings. The number of aromatic nitrogens is 1. The van der Waals surface area contributed by atoms with Gasteiger partial charge in [0.1, 0.15) is 5.75 Å². The molecule has 0 amide bonds. The lowest BCUT2D eigenvalue weighted by Gasteiger charge is -2.03. The van der Waals surface area contributed by atoms with Gasteiger partial charge in [0.2, 0.25) is 0 Å². The molecule has 0 saturated carbocycles. The minimum atomic E-state index is 0.170. The van der Waals surface area contributed by atoms with Crippen LogP contribution in [0.4, 0.5) is 0 Å². The second-order valence-electron chi connectivity index (χ2n) is 2.42. The van der Waals surface area contributed by atoms with Crippen molar-refractivity contribution < 1.29 is 9.15 Å². The van der Waals surface area contributed by atoms with Gasteiger partial charge in [-0.3, -0.25) is 0 Å². The molecule has 1 aromatic carbocycles. The molecular weight excluding hydrogens is 314 g/mol. The first-order chi connectivity index (χ1) is 6.75. The van der Waals surface area contributed by atoms with Crippen LogP contribution in [0.3, 0.4) is 0 Å². The van der Waals surface area contributed by atoms with Crippen LogP contribution in [0.25, 0.3) is 0 Å². The van der Waals surface area contributed by atoms with Gasteiger partial charge in [-0.05, 0) is 34.1 Å². The van der Waals surface area contributed by atoms with Gasteiger partial charge in [-0.2, -0.15) is 4.98 Å². The van der Waals surface area contributed by atoms with Gasteiger partial charge in [0.15, 0.2) is 6.26 Å². The van der Waals surface area contributed by atoms with Crippen LogP contribution in [0.2, 0.25) is 0 Å². The third-order valence-electron chi connectivity index (χ3n) is 1.46. The molecule has 1 aromatic heterocycles. The standard InChI is InChI=1S/C9H4Br2NO2/c10-6-1-2-7(11)8(5-6)14-9-12-3-4-13-9/h1-3,5H. The average molecular weight is 318 g/mol. The molecule has 2 rings (SSSR count). The highest BCUT2D eigenvalue weighted by Crippen LogP contribution is 2.31. The minimum absolute atomic E-state index is 0.170. The molecule has 0 spiro atoms. The van der Waals surface area contributed by atoms with Crippen molar-refractivity contribution in [2.45, 2.75) is 0 Å². The molecule has 0 aliphatic heterocycles. The molecule has 0 atom stereocenters. The fraction of sp³-hybridized carbons (Fsp3) is 0. The summed E-state index contributed by atoms with van der Waals surface area (Å²) < 4.78 is 11.9. The zero-order chi connectivity index (χ0) is 9.97. The summed E-state index contributed by atoms with van der Waals surface area (Å²) in [6.45, 7) is 0. The maximum Gasteiger partial charge on any atom is 0.399 e. The van der Waals surface area contributed by atoms with Gasteiger partial charge < -0.3 is 9.15 Å². The summed E-state index contributed by atoms with van der Waals surface area (Å²) >= 11 is 6.69. The third kappa shape index (κ3) is 2.16. The highest BCUT2D eigenvalue weighted by Gasteiger charge is 2.06. The highest BCUT2D eigenvalue weighted by molar-refractivity contribution is 9.11. The van der Waals surface area contributed by atoms with E-state index in [9.17, 15) is 0 Å². The summed E-state index contributed by atoms with van der Waals surface area (Å²) in [5, 5.41) is 0. The van der Waals surface area contributed by atoms with Crippen molar-refractivity contribution in [3.05, 3.63) is 39.6 Å². The van der Waals surface area contributed by atoms with Crippen LogP contribution in [0.5, 0.6) is 11.8 Å². The molecule has 3 nitrogen and oxygen atoms in total. The van der Waals surface area contributed by atoms with Crippen molar-refractivity contribution >= 4 is 31.9 Å². The van der Waals surface area contributed by atoms with E-state index in [0.29, 0.717) is 5.75 Å². The Labute approximate surface area is 97.4 Å². The fourth-order valence-corrected chi connectivity index (χ4v) is 1.55. The molecule has 0 fully saturated rings. The zero-order valence-corrected chi connectivity index (χ0v) is 10.0. The van der Waals surface area contributed by atoms with Gasteiger partial charge in [-0.15, -0.1) is 0 Å². The minimum Gasteiger partial charge on any atom is -0.410 e. The second-order valence-corrected chi connectivity index (χ2v) is 4.19. The van der Waals surface area contributed by atoms with Crippen LogP contribution in [-0.2, 0) is 0 Å². The Hall–Kier alpha value is -0.810. The average Bonchev–Trinajstić information content (AvgIpc) is 2.64. The predicted octanol–water partition coefficient (Wildman–Crippen LogP) is 3.79. The van der Waals surface area contributed by atoms with E-state index in [1.54, 1.807) is 0 Å². The number of ether oxygens (including phenoxy) is 1. The Balaban J connectivity index is 2.28. The summed E-state index contributed by atoms with van der Waals surface area (Å²) in [4.78, 5) is 3.80. The Morgan fingerprint density at radius 3 is 2.93 bits per heavy atom. The van der Waals surface area contributed by atoms with E-state index in [1.807, 2.05) is 18.2 Å². The van der Waals surface area contributed by atoms with E-state index in [2.05, 4.69) is 43.1 Å². The smallest absolute Gasteiger partial charge is 0.399 e. The van der Waals surface area contributed by atoms with E-state index in [-0.39, 0.29) is 6.08 Å². The van der Waals surface area contributed by atoms with Crippen molar-refractivity contribution in [1.29, 1.82) is 0 Å². The molecular formula is C9H4Br2NO2. The van der Waals surface area contributed by atoms with E-state index in [1.165, 1.54) is 6.20 Å². The van der Waals surface area contributed by atoms with Gasteiger partial charge >= 0.3 is 6.08 Å². The maximum atomic E-state index is 5.34. The number of rotatable bonds is 2. The van der Waals surface area contributed by atoms with E-state index in [4.69, 9.17) is 9.15 Å². The van der Waals surface area contributed by atoms with E-state index in [0.717, 1.165) is 8.95 Å². The third-order valence-corrected chi connectivity index (χ3v) is 2.61. The highest BCUT2D eigenvalue weighted by atomic mass is 79.9. The summed E-state index contributed by atoms with van der Waals surface area (Å²) in [6, 6.07) is 5.58. The van der Waals surface area contributed by atoms with Crippen molar-refractivity contribution in [1.82, 2.24) is 4.98 Å². The Morgan fingerprint density at radius 1 is 1.36 bits per heavy atom. The molecule has 71 valence electrons. The quantitative estimate of drug-likeness (QED) is 0.845. The molecule has 0 saturated heterocycles. The summed E-state index contributed by atoms with van der Waals surface area (Å²) in [6.07, 6.45) is 4.02. The Morgan fingerprint density at radius 2 is 2.21 bits per heavy atom. The van der Waals surface area contributed by atoms with Gasteiger partial charge in [-0.1, -0.05) is 15.9 Å². The van der Waals surface area contributed by atoms with Crippen molar-refractivity contribution in [3.8, 4) is 11.8 Å². The van der Waals surface area contributed by atoms with Gasteiger partial charge in [0.25, 0.3) is 0 Å². The number of halogens is 2. The normalized spacial score (nSPS) is 10.1. The monoisotopic (exact) mass is 316 g/mol. The SMILES string of the molecule is Brc1ccc(Br)c(Oc2nc[c]o2)c1. The number of hydrogen-bond donors (Lipinski definition) is 0. The van der Waals surface area contributed by atoms with Crippen LogP contribution in [0.15, 0.2) is 37.8 Å². The second kappa shape index (κ2) is 4.14. The molecule has 0 N–H and O–H groups in total. The van der Waals surface area contributed by atoms with Crippen molar-refractivity contribution in [3.63, 3.8) is 0 Å². The number of nitrogens with zero attached hydrogens (tertiary/aromatic N) is 1. The van der Waals surface area contributed by atoms with E-state index >= 15 is 0 Å². The van der Waals surface area contributed by atoms with Crippen LogP contribution in [-0.4, -0.2) is 4.98 Å². The Bertz CT molecular complexity index is 428. The molecule has 0 aliphatic carbocycles. The largest absolute Gasteiger partial charge is 0.410 e. The molecule has 5 heteroatoms.